The van der Waals surface area contributed by atoms with Crippen molar-refractivity contribution in [1.29, 1.82) is 0 Å². The van der Waals surface area contributed by atoms with Crippen LogP contribution in [-0.4, -0.2) is 30.6 Å². The molecule has 0 unspecified atom stereocenters. The first-order chi connectivity index (χ1) is 17.1. The number of hydrogen-bond acceptors (Lipinski definition) is 6. The van der Waals surface area contributed by atoms with E-state index in [2.05, 4.69) is 25.5 Å². The number of halogens is 1. The summed E-state index contributed by atoms with van der Waals surface area (Å²) in [5.41, 5.74) is 1.18. The Morgan fingerprint density at radius 1 is 0.971 bits per heavy atom. The minimum absolute atomic E-state index is 0.0423. The molecule has 0 saturated heterocycles. The maximum Gasteiger partial charge on any atom is 0.258 e. The number of amides is 1. The van der Waals surface area contributed by atoms with Crippen LogP contribution in [0.2, 0.25) is 0 Å². The van der Waals surface area contributed by atoms with Crippen LogP contribution in [0.15, 0.2) is 88.8 Å². The Kier molecular flexibility index (Phi) is 6.36. The molecule has 2 N–H and O–H groups in total. The molecule has 0 aliphatic heterocycles. The van der Waals surface area contributed by atoms with Crippen molar-refractivity contribution >= 4 is 28.6 Å². The fourth-order valence-corrected chi connectivity index (χ4v) is 4.42. The second-order valence-corrected chi connectivity index (χ2v) is 8.49. The Morgan fingerprint density at radius 3 is 2.54 bits per heavy atom. The van der Waals surface area contributed by atoms with Gasteiger partial charge in [0, 0.05) is 5.69 Å². The number of fused-ring (bicyclic) bond motifs is 1. The van der Waals surface area contributed by atoms with Gasteiger partial charge in [0.05, 0.1) is 28.8 Å². The normalized spacial score (nSPS) is 11.0. The maximum absolute atomic E-state index is 14.0. The Balaban J connectivity index is 1.40. The Morgan fingerprint density at radius 2 is 1.71 bits per heavy atom. The van der Waals surface area contributed by atoms with E-state index in [0.29, 0.717) is 33.5 Å². The maximum atomic E-state index is 14.0. The number of aromatic nitrogens is 5. The van der Waals surface area contributed by atoms with Crippen LogP contribution in [0.25, 0.3) is 16.6 Å². The highest BCUT2D eigenvalue weighted by Gasteiger charge is 2.17. The number of nitrogens with zero attached hydrogens (tertiary/aromatic N) is 4. The van der Waals surface area contributed by atoms with Crippen LogP contribution in [0.5, 0.6) is 0 Å². The first-order valence-electron chi connectivity index (χ1n) is 10.7. The highest BCUT2D eigenvalue weighted by molar-refractivity contribution is 7.98. The van der Waals surface area contributed by atoms with Gasteiger partial charge >= 0.3 is 0 Å². The third-order valence-electron chi connectivity index (χ3n) is 5.24. The van der Waals surface area contributed by atoms with E-state index in [1.807, 2.05) is 41.0 Å². The van der Waals surface area contributed by atoms with Crippen LogP contribution in [0.1, 0.15) is 22.0 Å². The molecule has 5 aromatic rings. The topological polar surface area (TPSA) is 106 Å². The first kappa shape index (κ1) is 22.5. The summed E-state index contributed by atoms with van der Waals surface area (Å²) in [6.45, 7) is 0.0423. The smallest absolute Gasteiger partial charge is 0.258 e. The number of aromatic amines is 1. The Hall–Kier alpha value is -4.31. The van der Waals surface area contributed by atoms with E-state index in [4.69, 9.17) is 0 Å². The van der Waals surface area contributed by atoms with Crippen LogP contribution in [0.4, 0.5) is 4.39 Å². The summed E-state index contributed by atoms with van der Waals surface area (Å²) >= 11 is 1.35. The van der Waals surface area contributed by atoms with Gasteiger partial charge in [0.25, 0.3) is 11.5 Å². The SMILES string of the molecule is O=C(NCc1nnc(SCc2nc3ccccc3c(=O)[nH]2)n1-c1ccccc1)c1ccccc1F. The number of H-pyrrole nitrogens is 1. The molecule has 8 nitrogen and oxygen atoms in total. The standard InChI is InChI=1S/C25H19FN6O2S/c26-19-12-6-4-10-17(19)23(33)27-14-22-30-31-25(32(22)16-8-2-1-3-9-16)35-15-21-28-20-13-7-5-11-18(20)24(34)29-21/h1-13H,14-15H2,(H,27,33)(H,28,29,34). The van der Waals surface area contributed by atoms with E-state index in [0.717, 1.165) is 5.69 Å². The zero-order chi connectivity index (χ0) is 24.2. The molecule has 0 saturated carbocycles. The summed E-state index contributed by atoms with van der Waals surface area (Å²) in [6, 6.07) is 22.4. The molecule has 0 spiro atoms. The summed E-state index contributed by atoms with van der Waals surface area (Å²) < 4.78 is 15.8. The van der Waals surface area contributed by atoms with Crippen molar-refractivity contribution in [2.45, 2.75) is 17.5 Å². The summed E-state index contributed by atoms with van der Waals surface area (Å²) in [7, 11) is 0. The third kappa shape index (κ3) is 4.82. The van der Waals surface area contributed by atoms with Crippen LogP contribution >= 0.6 is 11.8 Å². The molecule has 0 atom stereocenters. The molecule has 3 aromatic carbocycles. The number of para-hydroxylation sites is 2. The Labute approximate surface area is 203 Å². The van der Waals surface area contributed by atoms with Crippen molar-refractivity contribution in [3.63, 3.8) is 0 Å². The number of benzene rings is 3. The lowest BCUT2D eigenvalue weighted by atomic mass is 10.2. The second kappa shape index (κ2) is 9.90. The van der Waals surface area contributed by atoms with Gasteiger partial charge in [0.15, 0.2) is 11.0 Å². The van der Waals surface area contributed by atoms with E-state index < -0.39 is 11.7 Å². The highest BCUT2D eigenvalue weighted by atomic mass is 32.2. The predicted molar refractivity (Wildman–Crippen MR) is 131 cm³/mol. The number of thioether (sulfide) groups is 1. The molecule has 35 heavy (non-hydrogen) atoms. The molecule has 2 heterocycles. The van der Waals surface area contributed by atoms with Gasteiger partial charge in [0.2, 0.25) is 0 Å². The molecular weight excluding hydrogens is 467 g/mol. The van der Waals surface area contributed by atoms with E-state index >= 15 is 0 Å². The van der Waals surface area contributed by atoms with Crippen molar-refractivity contribution in [1.82, 2.24) is 30.0 Å². The fourth-order valence-electron chi connectivity index (χ4n) is 3.58. The predicted octanol–water partition coefficient (Wildman–Crippen LogP) is 3.87. The zero-order valence-electron chi connectivity index (χ0n) is 18.3. The average molecular weight is 487 g/mol. The molecule has 0 aliphatic carbocycles. The van der Waals surface area contributed by atoms with Crippen LogP contribution in [0.3, 0.4) is 0 Å². The van der Waals surface area contributed by atoms with Gasteiger partial charge in [-0.15, -0.1) is 10.2 Å². The summed E-state index contributed by atoms with van der Waals surface area (Å²) in [5, 5.41) is 12.3. The Bertz CT molecular complexity index is 1570. The van der Waals surface area contributed by atoms with Gasteiger partial charge in [0.1, 0.15) is 11.6 Å². The minimum atomic E-state index is -0.595. The van der Waals surface area contributed by atoms with Crippen LogP contribution in [-0.2, 0) is 12.3 Å². The van der Waals surface area contributed by atoms with Gasteiger partial charge in [-0.1, -0.05) is 54.2 Å². The molecule has 2 aromatic heterocycles. The molecule has 0 aliphatic rings. The molecule has 0 fully saturated rings. The number of nitrogens with one attached hydrogen (secondary N) is 2. The molecule has 1 amide bonds. The molecule has 5 rings (SSSR count). The van der Waals surface area contributed by atoms with Crippen molar-refractivity contribution in [3.8, 4) is 5.69 Å². The summed E-state index contributed by atoms with van der Waals surface area (Å²) in [6.07, 6.45) is 0. The summed E-state index contributed by atoms with van der Waals surface area (Å²) in [4.78, 5) is 32.2. The van der Waals surface area contributed by atoms with E-state index in [-0.39, 0.29) is 17.7 Å². The number of carbonyl (C=O) groups is 1. The van der Waals surface area contributed by atoms with Gasteiger partial charge in [-0.2, -0.15) is 0 Å². The van der Waals surface area contributed by atoms with Gasteiger partial charge in [-0.25, -0.2) is 9.37 Å². The highest BCUT2D eigenvalue weighted by Crippen LogP contribution is 2.24. The number of carbonyl (C=O) groups excluding carboxylic acids is 1. The van der Waals surface area contributed by atoms with Crippen molar-refractivity contribution < 1.29 is 9.18 Å². The quantitative estimate of drug-likeness (QED) is 0.339. The lowest BCUT2D eigenvalue weighted by molar-refractivity contribution is 0.0945. The first-order valence-corrected chi connectivity index (χ1v) is 11.7. The molecule has 0 bridgehead atoms. The number of rotatable bonds is 7. The lowest BCUT2D eigenvalue weighted by Crippen LogP contribution is -2.25. The number of hydrogen-bond donors (Lipinski definition) is 2. The van der Waals surface area contributed by atoms with Gasteiger partial charge in [-0.05, 0) is 36.4 Å². The average Bonchev–Trinajstić information content (AvgIpc) is 3.29. The third-order valence-corrected chi connectivity index (χ3v) is 6.18. The van der Waals surface area contributed by atoms with Crippen molar-refractivity contribution in [2.75, 3.05) is 0 Å². The lowest BCUT2D eigenvalue weighted by Gasteiger charge is -2.11. The molecule has 10 heteroatoms. The summed E-state index contributed by atoms with van der Waals surface area (Å²) in [5.74, 6) is 0.201. The second-order valence-electron chi connectivity index (χ2n) is 7.55. The largest absolute Gasteiger partial charge is 0.345 e. The van der Waals surface area contributed by atoms with Crippen LogP contribution in [0, 0.1) is 5.82 Å². The molecular formula is C25H19FN6O2S. The van der Waals surface area contributed by atoms with Crippen molar-refractivity contribution in [3.05, 3.63) is 112 Å². The molecule has 174 valence electrons. The fraction of sp³-hybridized carbons (Fsp3) is 0.0800. The monoisotopic (exact) mass is 486 g/mol. The van der Waals surface area contributed by atoms with Gasteiger partial charge in [-0.3, -0.25) is 14.2 Å². The van der Waals surface area contributed by atoms with Crippen molar-refractivity contribution in [2.24, 2.45) is 0 Å². The van der Waals surface area contributed by atoms with E-state index in [9.17, 15) is 14.0 Å². The van der Waals surface area contributed by atoms with Crippen LogP contribution < -0.4 is 10.9 Å². The zero-order valence-corrected chi connectivity index (χ0v) is 19.1. The molecule has 0 radical (unpaired) electrons. The van der Waals surface area contributed by atoms with E-state index in [1.54, 1.807) is 24.3 Å². The van der Waals surface area contributed by atoms with E-state index in [1.165, 1.54) is 30.0 Å². The van der Waals surface area contributed by atoms with Gasteiger partial charge < -0.3 is 10.3 Å². The minimum Gasteiger partial charge on any atom is -0.345 e.